The molecule has 0 fully saturated rings. The topological polar surface area (TPSA) is 15.3 Å². The van der Waals surface area contributed by atoms with Gasteiger partial charge in [0.25, 0.3) is 0 Å². The monoisotopic (exact) mass is 194 g/mol. The average molecular weight is 194 g/mol. The fraction of sp³-hybridized carbons (Fsp3) is 0.500. The van der Waals surface area contributed by atoms with Crippen LogP contribution in [0.3, 0.4) is 0 Å². The lowest BCUT2D eigenvalue weighted by Gasteiger charge is -2.17. The van der Waals surface area contributed by atoms with Gasteiger partial charge in [0.2, 0.25) is 0 Å². The summed E-state index contributed by atoms with van der Waals surface area (Å²) in [5.74, 6) is 0. The number of nitrogens with one attached hydrogen (secondary N) is 1. The summed E-state index contributed by atoms with van der Waals surface area (Å²) >= 11 is 0. The maximum absolute atomic E-state index is 3.84. The molecule has 0 aromatic carbocycles. The maximum Gasteiger partial charge on any atom is 0.0233 e. The van der Waals surface area contributed by atoms with Crippen molar-refractivity contribution in [3.05, 3.63) is 36.5 Å². The smallest absolute Gasteiger partial charge is 0.0233 e. The van der Waals surface area contributed by atoms with E-state index in [9.17, 15) is 0 Å². The van der Waals surface area contributed by atoms with Gasteiger partial charge in [0, 0.05) is 19.6 Å². The molecule has 14 heavy (non-hydrogen) atoms. The number of likely N-dealkylation sites (N-methyl/N-ethyl adjacent to an activating group) is 2. The molecule has 1 N–H and O–H groups in total. The second kappa shape index (κ2) is 7.54. The van der Waals surface area contributed by atoms with Gasteiger partial charge in [-0.3, -0.25) is 4.90 Å². The van der Waals surface area contributed by atoms with Gasteiger partial charge < -0.3 is 5.32 Å². The van der Waals surface area contributed by atoms with Gasteiger partial charge in [-0.1, -0.05) is 24.3 Å². The van der Waals surface area contributed by atoms with Crippen LogP contribution >= 0.6 is 0 Å². The number of rotatable bonds is 7. The Morgan fingerprint density at radius 1 is 1.43 bits per heavy atom. The van der Waals surface area contributed by atoms with E-state index in [4.69, 9.17) is 0 Å². The molecule has 0 amide bonds. The Morgan fingerprint density at radius 2 is 2.07 bits per heavy atom. The summed E-state index contributed by atoms with van der Waals surface area (Å²) in [7, 11) is 4.04. The van der Waals surface area contributed by atoms with Crippen LogP contribution in [0.25, 0.3) is 0 Å². The lowest BCUT2D eigenvalue weighted by molar-refractivity contribution is 0.405. The Balaban J connectivity index is 4.33. The van der Waals surface area contributed by atoms with Gasteiger partial charge in [0.15, 0.2) is 0 Å². The van der Waals surface area contributed by atoms with Crippen LogP contribution in [0.5, 0.6) is 0 Å². The van der Waals surface area contributed by atoms with E-state index in [1.54, 1.807) is 0 Å². The second-order valence-corrected chi connectivity index (χ2v) is 3.53. The van der Waals surface area contributed by atoms with Gasteiger partial charge >= 0.3 is 0 Å². The molecule has 0 saturated heterocycles. The zero-order chi connectivity index (χ0) is 11.0. The van der Waals surface area contributed by atoms with E-state index >= 15 is 0 Å². The van der Waals surface area contributed by atoms with E-state index in [1.165, 1.54) is 11.1 Å². The van der Waals surface area contributed by atoms with Crippen LogP contribution in [0.2, 0.25) is 0 Å². The highest BCUT2D eigenvalue weighted by Crippen LogP contribution is 2.06. The average Bonchev–Trinajstić information content (AvgIpc) is 2.15. The standard InChI is InChI=1S/C12H22N2/c1-6-8-14(5)10-12(7-2)11(3)9-13-4/h6-7,13H,1-2,8-10H2,3-5H3/b12-11-. The van der Waals surface area contributed by atoms with Crippen molar-refractivity contribution in [3.63, 3.8) is 0 Å². The second-order valence-electron chi connectivity index (χ2n) is 3.53. The predicted molar refractivity (Wildman–Crippen MR) is 64.5 cm³/mol. The number of nitrogens with zero attached hydrogens (tertiary/aromatic N) is 1. The molecular formula is C12H22N2. The minimum absolute atomic E-state index is 0.907. The van der Waals surface area contributed by atoms with E-state index in [2.05, 4.69) is 37.3 Å². The number of hydrogen-bond donors (Lipinski definition) is 1. The van der Waals surface area contributed by atoms with Crippen LogP contribution in [0.4, 0.5) is 0 Å². The van der Waals surface area contributed by atoms with Crippen LogP contribution < -0.4 is 5.32 Å². The minimum atomic E-state index is 0.907. The first kappa shape index (κ1) is 13.1. The van der Waals surface area contributed by atoms with Crippen LogP contribution in [0.1, 0.15) is 6.92 Å². The Hall–Kier alpha value is -0.860. The maximum atomic E-state index is 3.84. The predicted octanol–water partition coefficient (Wildman–Crippen LogP) is 1.83. The largest absolute Gasteiger partial charge is 0.316 e. The summed E-state index contributed by atoms with van der Waals surface area (Å²) in [4.78, 5) is 2.21. The summed E-state index contributed by atoms with van der Waals surface area (Å²) in [5.41, 5.74) is 2.64. The highest BCUT2D eigenvalue weighted by molar-refractivity contribution is 5.25. The molecular weight excluding hydrogens is 172 g/mol. The Kier molecular flexibility index (Phi) is 7.07. The van der Waals surface area contributed by atoms with Crippen molar-refractivity contribution in [2.24, 2.45) is 0 Å². The summed E-state index contributed by atoms with van der Waals surface area (Å²) in [6, 6.07) is 0. The van der Waals surface area contributed by atoms with Crippen molar-refractivity contribution in [1.82, 2.24) is 10.2 Å². The molecule has 0 aliphatic carbocycles. The Labute approximate surface area is 88.0 Å². The highest BCUT2D eigenvalue weighted by Gasteiger charge is 2.01. The lowest BCUT2D eigenvalue weighted by atomic mass is 10.1. The van der Waals surface area contributed by atoms with E-state index in [1.807, 2.05) is 19.2 Å². The molecule has 0 saturated carbocycles. The molecule has 2 nitrogen and oxygen atoms in total. The van der Waals surface area contributed by atoms with Crippen LogP contribution in [-0.4, -0.2) is 38.6 Å². The van der Waals surface area contributed by atoms with Crippen LogP contribution in [0.15, 0.2) is 36.5 Å². The first-order valence-corrected chi connectivity index (χ1v) is 4.90. The van der Waals surface area contributed by atoms with E-state index in [0.717, 1.165) is 19.6 Å². The number of hydrogen-bond acceptors (Lipinski definition) is 2. The van der Waals surface area contributed by atoms with Crippen molar-refractivity contribution < 1.29 is 0 Å². The molecule has 2 heteroatoms. The van der Waals surface area contributed by atoms with Crippen molar-refractivity contribution in [1.29, 1.82) is 0 Å². The van der Waals surface area contributed by atoms with Crippen molar-refractivity contribution in [2.75, 3.05) is 33.7 Å². The van der Waals surface area contributed by atoms with E-state index < -0.39 is 0 Å². The van der Waals surface area contributed by atoms with Gasteiger partial charge in [-0.15, -0.1) is 6.58 Å². The molecule has 0 atom stereocenters. The van der Waals surface area contributed by atoms with Crippen molar-refractivity contribution in [3.8, 4) is 0 Å². The summed E-state index contributed by atoms with van der Waals surface area (Å²) in [6.07, 6.45) is 3.85. The molecule has 0 aromatic heterocycles. The van der Waals surface area contributed by atoms with Crippen LogP contribution in [0, 0.1) is 0 Å². The molecule has 0 rings (SSSR count). The summed E-state index contributed by atoms with van der Waals surface area (Å²) in [5, 5.41) is 3.14. The van der Waals surface area contributed by atoms with E-state index in [-0.39, 0.29) is 0 Å². The van der Waals surface area contributed by atoms with Gasteiger partial charge in [-0.05, 0) is 26.6 Å². The van der Waals surface area contributed by atoms with Gasteiger partial charge in [-0.25, -0.2) is 0 Å². The third-order valence-corrected chi connectivity index (χ3v) is 2.12. The molecule has 0 bridgehead atoms. The summed E-state index contributed by atoms with van der Waals surface area (Å²) in [6.45, 7) is 12.5. The van der Waals surface area contributed by atoms with Gasteiger partial charge in [0.05, 0.1) is 0 Å². The van der Waals surface area contributed by atoms with Gasteiger partial charge in [0.1, 0.15) is 0 Å². The molecule has 0 radical (unpaired) electrons. The third kappa shape index (κ3) is 5.00. The quantitative estimate of drug-likeness (QED) is 0.491. The summed E-state index contributed by atoms with van der Waals surface area (Å²) < 4.78 is 0. The Morgan fingerprint density at radius 3 is 2.50 bits per heavy atom. The van der Waals surface area contributed by atoms with Crippen molar-refractivity contribution >= 4 is 0 Å². The molecule has 0 aromatic rings. The van der Waals surface area contributed by atoms with Gasteiger partial charge in [-0.2, -0.15) is 0 Å². The fourth-order valence-corrected chi connectivity index (χ4v) is 1.33. The molecule has 0 heterocycles. The third-order valence-electron chi connectivity index (χ3n) is 2.12. The van der Waals surface area contributed by atoms with E-state index in [0.29, 0.717) is 0 Å². The molecule has 0 unspecified atom stereocenters. The first-order chi connectivity index (χ1) is 6.65. The molecule has 0 spiro atoms. The zero-order valence-electron chi connectivity index (χ0n) is 9.64. The highest BCUT2D eigenvalue weighted by atomic mass is 15.1. The van der Waals surface area contributed by atoms with Crippen molar-refractivity contribution in [2.45, 2.75) is 6.92 Å². The fourth-order valence-electron chi connectivity index (χ4n) is 1.33. The molecule has 0 aliphatic rings. The normalized spacial score (nSPS) is 12.6. The zero-order valence-corrected chi connectivity index (χ0v) is 9.64. The van der Waals surface area contributed by atoms with Crippen LogP contribution in [-0.2, 0) is 0 Å². The molecule has 80 valence electrons. The minimum Gasteiger partial charge on any atom is -0.316 e. The Bertz CT molecular complexity index is 216. The lowest BCUT2D eigenvalue weighted by Crippen LogP contribution is -2.22. The first-order valence-electron chi connectivity index (χ1n) is 4.90. The SMILES string of the molecule is C=CCN(C)C/C(C=C)=C(/C)CNC. The molecule has 0 aliphatic heterocycles.